The standard InChI is InChI=1S/C17H18N2O2/c1-13-6-2-4-8-15(13)18-10-11-19-16-9-5-3-7-14(16)12-21-17(19)20/h2-9,18H,10-12H2,1H3. The van der Waals surface area contributed by atoms with Gasteiger partial charge >= 0.3 is 6.09 Å². The molecule has 0 saturated carbocycles. The van der Waals surface area contributed by atoms with Crippen LogP contribution in [0.4, 0.5) is 16.2 Å². The first-order valence-electron chi connectivity index (χ1n) is 7.07. The van der Waals surface area contributed by atoms with Gasteiger partial charge in [0, 0.05) is 24.3 Å². The second-order valence-corrected chi connectivity index (χ2v) is 5.08. The Hall–Kier alpha value is -2.49. The molecule has 1 aliphatic rings. The van der Waals surface area contributed by atoms with Crippen molar-refractivity contribution in [2.45, 2.75) is 13.5 Å². The number of hydrogen-bond donors (Lipinski definition) is 1. The largest absolute Gasteiger partial charge is 0.444 e. The zero-order valence-corrected chi connectivity index (χ0v) is 12.0. The van der Waals surface area contributed by atoms with Crippen LogP contribution in [0, 0.1) is 6.92 Å². The van der Waals surface area contributed by atoms with Crippen LogP contribution < -0.4 is 10.2 Å². The number of hydrogen-bond acceptors (Lipinski definition) is 3. The predicted octanol–water partition coefficient (Wildman–Crippen LogP) is 3.56. The Bertz CT molecular complexity index is 655. The van der Waals surface area contributed by atoms with E-state index in [4.69, 9.17) is 4.74 Å². The molecule has 2 aromatic carbocycles. The van der Waals surface area contributed by atoms with Crippen molar-refractivity contribution in [1.82, 2.24) is 0 Å². The molecule has 2 aromatic rings. The molecule has 0 bridgehead atoms. The summed E-state index contributed by atoms with van der Waals surface area (Å²) in [4.78, 5) is 13.6. The maximum atomic E-state index is 11.9. The summed E-state index contributed by atoms with van der Waals surface area (Å²) in [6, 6.07) is 16.0. The van der Waals surface area contributed by atoms with Crippen LogP contribution in [0.5, 0.6) is 0 Å². The smallest absolute Gasteiger partial charge is 0.414 e. The summed E-state index contributed by atoms with van der Waals surface area (Å²) < 4.78 is 5.20. The van der Waals surface area contributed by atoms with Gasteiger partial charge in [-0.25, -0.2) is 4.79 Å². The molecule has 4 nitrogen and oxygen atoms in total. The van der Waals surface area contributed by atoms with Crippen LogP contribution in [0.2, 0.25) is 0 Å². The van der Waals surface area contributed by atoms with E-state index in [1.807, 2.05) is 42.5 Å². The van der Waals surface area contributed by atoms with Gasteiger partial charge in [-0.1, -0.05) is 36.4 Å². The van der Waals surface area contributed by atoms with Gasteiger partial charge in [-0.05, 0) is 24.6 Å². The highest BCUT2D eigenvalue weighted by Gasteiger charge is 2.24. The molecule has 0 aliphatic carbocycles. The molecule has 21 heavy (non-hydrogen) atoms. The van der Waals surface area contributed by atoms with E-state index in [1.165, 1.54) is 5.56 Å². The second kappa shape index (κ2) is 5.87. The number of nitrogens with zero attached hydrogens (tertiary/aromatic N) is 1. The lowest BCUT2D eigenvalue weighted by Crippen LogP contribution is -2.38. The van der Waals surface area contributed by atoms with E-state index in [-0.39, 0.29) is 6.09 Å². The molecule has 0 atom stereocenters. The van der Waals surface area contributed by atoms with Crippen LogP contribution in [0.25, 0.3) is 0 Å². The van der Waals surface area contributed by atoms with E-state index < -0.39 is 0 Å². The number of carbonyl (C=O) groups is 1. The summed E-state index contributed by atoms with van der Waals surface area (Å²) in [5.41, 5.74) is 4.28. The molecular weight excluding hydrogens is 264 g/mol. The minimum Gasteiger partial charge on any atom is -0.444 e. The van der Waals surface area contributed by atoms with Crippen molar-refractivity contribution in [3.05, 3.63) is 59.7 Å². The van der Waals surface area contributed by atoms with E-state index >= 15 is 0 Å². The summed E-state index contributed by atoms with van der Waals surface area (Å²) in [6.07, 6.45) is -0.278. The number of rotatable bonds is 4. The molecule has 0 aromatic heterocycles. The van der Waals surface area contributed by atoms with E-state index in [0.717, 1.165) is 16.9 Å². The van der Waals surface area contributed by atoms with Gasteiger partial charge < -0.3 is 10.1 Å². The van der Waals surface area contributed by atoms with Crippen molar-refractivity contribution < 1.29 is 9.53 Å². The zero-order chi connectivity index (χ0) is 14.7. The van der Waals surface area contributed by atoms with Gasteiger partial charge in [-0.15, -0.1) is 0 Å². The number of aryl methyl sites for hydroxylation is 1. The quantitative estimate of drug-likeness (QED) is 0.932. The van der Waals surface area contributed by atoms with E-state index in [2.05, 4.69) is 18.3 Å². The first kappa shape index (κ1) is 13.5. The van der Waals surface area contributed by atoms with Gasteiger partial charge in [0.25, 0.3) is 0 Å². The first-order valence-corrected chi connectivity index (χ1v) is 7.07. The third-order valence-electron chi connectivity index (χ3n) is 3.65. The summed E-state index contributed by atoms with van der Waals surface area (Å²) in [7, 11) is 0. The Labute approximate surface area is 124 Å². The van der Waals surface area contributed by atoms with Crippen LogP contribution in [-0.2, 0) is 11.3 Å². The highest BCUT2D eigenvalue weighted by Crippen LogP contribution is 2.26. The monoisotopic (exact) mass is 282 g/mol. The number of para-hydroxylation sites is 2. The van der Waals surface area contributed by atoms with Crippen molar-refractivity contribution >= 4 is 17.5 Å². The number of fused-ring (bicyclic) bond motifs is 1. The molecular formula is C17H18N2O2. The van der Waals surface area contributed by atoms with E-state index in [0.29, 0.717) is 19.7 Å². The topological polar surface area (TPSA) is 41.6 Å². The van der Waals surface area contributed by atoms with Crippen molar-refractivity contribution in [3.8, 4) is 0 Å². The molecule has 0 unspecified atom stereocenters. The zero-order valence-electron chi connectivity index (χ0n) is 12.0. The van der Waals surface area contributed by atoms with Gasteiger partial charge in [-0.2, -0.15) is 0 Å². The normalized spacial score (nSPS) is 13.6. The third kappa shape index (κ3) is 2.84. The molecule has 1 amide bonds. The summed E-state index contributed by atoms with van der Waals surface area (Å²) in [5, 5.41) is 3.36. The average Bonchev–Trinajstić information content (AvgIpc) is 2.51. The Morgan fingerprint density at radius 2 is 1.90 bits per heavy atom. The first-order chi connectivity index (χ1) is 10.3. The summed E-state index contributed by atoms with van der Waals surface area (Å²) >= 11 is 0. The summed E-state index contributed by atoms with van der Waals surface area (Å²) in [5.74, 6) is 0. The maximum Gasteiger partial charge on any atom is 0.414 e. The molecule has 1 heterocycles. The number of carbonyl (C=O) groups excluding carboxylic acids is 1. The van der Waals surface area contributed by atoms with Crippen LogP contribution in [0.3, 0.4) is 0 Å². The number of benzene rings is 2. The Balaban J connectivity index is 1.68. The van der Waals surface area contributed by atoms with Crippen LogP contribution in [-0.4, -0.2) is 19.2 Å². The SMILES string of the molecule is Cc1ccccc1NCCN1C(=O)OCc2ccccc21. The van der Waals surface area contributed by atoms with Gasteiger partial charge in [0.1, 0.15) is 6.61 Å². The van der Waals surface area contributed by atoms with Gasteiger partial charge in [0.2, 0.25) is 0 Å². The Kier molecular flexibility index (Phi) is 3.77. The lowest BCUT2D eigenvalue weighted by molar-refractivity contribution is 0.142. The van der Waals surface area contributed by atoms with Crippen LogP contribution >= 0.6 is 0 Å². The fourth-order valence-corrected chi connectivity index (χ4v) is 2.50. The molecule has 108 valence electrons. The average molecular weight is 282 g/mol. The van der Waals surface area contributed by atoms with Crippen LogP contribution in [0.15, 0.2) is 48.5 Å². The van der Waals surface area contributed by atoms with Crippen LogP contribution in [0.1, 0.15) is 11.1 Å². The van der Waals surface area contributed by atoms with Crippen molar-refractivity contribution in [3.63, 3.8) is 0 Å². The highest BCUT2D eigenvalue weighted by molar-refractivity contribution is 5.90. The number of nitrogens with one attached hydrogen (secondary N) is 1. The molecule has 1 N–H and O–H groups in total. The minimum absolute atomic E-state index is 0.278. The minimum atomic E-state index is -0.278. The fourth-order valence-electron chi connectivity index (χ4n) is 2.50. The molecule has 3 rings (SSSR count). The van der Waals surface area contributed by atoms with Crippen molar-refractivity contribution in [2.24, 2.45) is 0 Å². The van der Waals surface area contributed by atoms with Gasteiger partial charge in [0.05, 0.1) is 5.69 Å². The fraction of sp³-hybridized carbons (Fsp3) is 0.235. The summed E-state index contributed by atoms with van der Waals surface area (Å²) in [6.45, 7) is 3.67. The Morgan fingerprint density at radius 3 is 2.76 bits per heavy atom. The molecule has 1 aliphatic heterocycles. The lowest BCUT2D eigenvalue weighted by Gasteiger charge is -2.29. The third-order valence-corrected chi connectivity index (χ3v) is 3.65. The molecule has 0 radical (unpaired) electrons. The van der Waals surface area contributed by atoms with Crippen molar-refractivity contribution in [1.29, 1.82) is 0 Å². The Morgan fingerprint density at radius 1 is 1.14 bits per heavy atom. The second-order valence-electron chi connectivity index (χ2n) is 5.08. The molecule has 0 saturated heterocycles. The number of amides is 1. The van der Waals surface area contributed by atoms with Gasteiger partial charge in [-0.3, -0.25) is 4.90 Å². The van der Waals surface area contributed by atoms with Crippen molar-refractivity contribution in [2.75, 3.05) is 23.3 Å². The predicted molar refractivity (Wildman–Crippen MR) is 83.6 cm³/mol. The molecule has 0 spiro atoms. The number of ether oxygens (including phenoxy) is 1. The molecule has 4 heteroatoms. The van der Waals surface area contributed by atoms with E-state index in [1.54, 1.807) is 4.90 Å². The maximum absolute atomic E-state index is 11.9. The molecule has 0 fully saturated rings. The lowest BCUT2D eigenvalue weighted by atomic mass is 10.1. The van der Waals surface area contributed by atoms with E-state index in [9.17, 15) is 4.79 Å². The number of cyclic esters (lactones) is 1. The highest BCUT2D eigenvalue weighted by atomic mass is 16.6. The van der Waals surface area contributed by atoms with Gasteiger partial charge in [0.15, 0.2) is 0 Å². The number of anilines is 2.